The van der Waals surface area contributed by atoms with Crippen molar-refractivity contribution in [3.63, 3.8) is 0 Å². The van der Waals surface area contributed by atoms with Gasteiger partial charge in [0.1, 0.15) is 5.75 Å². The number of hydrogen-bond acceptors (Lipinski definition) is 4. The predicted molar refractivity (Wildman–Crippen MR) is 88.4 cm³/mol. The average molecular weight is 300 g/mol. The fraction of sp³-hybridized carbons (Fsp3) is 0.294. The molecule has 4 heteroatoms. The zero-order chi connectivity index (χ0) is 15.1. The summed E-state index contributed by atoms with van der Waals surface area (Å²) in [6, 6.07) is 10.2. The van der Waals surface area contributed by atoms with Crippen LogP contribution in [0.1, 0.15) is 16.0 Å². The van der Waals surface area contributed by atoms with Gasteiger partial charge < -0.3 is 10.5 Å². The Kier molecular flexibility index (Phi) is 5.82. The highest BCUT2D eigenvalue weighted by Crippen LogP contribution is 2.19. The first-order valence-corrected chi connectivity index (χ1v) is 7.67. The van der Waals surface area contributed by atoms with Crippen LogP contribution in [0.25, 0.3) is 0 Å². The van der Waals surface area contributed by atoms with Crippen molar-refractivity contribution >= 4 is 11.3 Å². The van der Waals surface area contributed by atoms with E-state index in [0.29, 0.717) is 6.54 Å². The fourth-order valence-corrected chi connectivity index (χ4v) is 2.97. The van der Waals surface area contributed by atoms with Crippen molar-refractivity contribution in [3.8, 4) is 17.6 Å². The van der Waals surface area contributed by atoms with Crippen molar-refractivity contribution in [3.05, 3.63) is 51.7 Å². The normalized spacial score (nSPS) is 10.3. The van der Waals surface area contributed by atoms with Crippen LogP contribution in [0.15, 0.2) is 35.7 Å². The molecule has 21 heavy (non-hydrogen) atoms. The summed E-state index contributed by atoms with van der Waals surface area (Å²) in [5.41, 5.74) is 7.79. The lowest BCUT2D eigenvalue weighted by molar-refractivity contribution is 0.321. The minimum absolute atomic E-state index is 0.400. The largest absolute Gasteiger partial charge is 0.497 e. The van der Waals surface area contributed by atoms with Crippen molar-refractivity contribution in [2.24, 2.45) is 5.73 Å². The maximum Gasteiger partial charge on any atom is 0.118 e. The summed E-state index contributed by atoms with van der Waals surface area (Å²) < 4.78 is 5.18. The molecule has 1 aromatic heterocycles. The summed E-state index contributed by atoms with van der Waals surface area (Å²) in [6.07, 6.45) is 0. The Morgan fingerprint density at radius 2 is 1.95 bits per heavy atom. The Morgan fingerprint density at radius 1 is 1.19 bits per heavy atom. The second-order valence-corrected chi connectivity index (χ2v) is 5.78. The highest BCUT2D eigenvalue weighted by atomic mass is 32.1. The summed E-state index contributed by atoms with van der Waals surface area (Å²) in [5, 5.41) is 2.08. The van der Waals surface area contributed by atoms with Crippen molar-refractivity contribution in [2.75, 3.05) is 20.7 Å². The van der Waals surface area contributed by atoms with Gasteiger partial charge in [0.2, 0.25) is 0 Å². The lowest BCUT2D eigenvalue weighted by atomic mass is 10.2. The first-order chi connectivity index (χ1) is 10.2. The first kappa shape index (κ1) is 15.6. The number of hydrogen-bond donors (Lipinski definition) is 1. The van der Waals surface area contributed by atoms with Gasteiger partial charge in [-0.05, 0) is 36.2 Å². The molecule has 0 bridgehead atoms. The molecule has 0 aliphatic rings. The number of nitrogens with two attached hydrogens (primary N) is 1. The quantitative estimate of drug-likeness (QED) is 0.863. The summed E-state index contributed by atoms with van der Waals surface area (Å²) in [7, 11) is 3.80. The minimum Gasteiger partial charge on any atom is -0.497 e. The van der Waals surface area contributed by atoms with Crippen LogP contribution in [0.5, 0.6) is 5.75 Å². The van der Waals surface area contributed by atoms with Gasteiger partial charge in [0, 0.05) is 23.5 Å². The van der Waals surface area contributed by atoms with Gasteiger partial charge in [-0.15, -0.1) is 11.3 Å². The molecule has 0 fully saturated rings. The van der Waals surface area contributed by atoms with Crippen LogP contribution in [0, 0.1) is 11.8 Å². The van der Waals surface area contributed by atoms with Crippen LogP contribution in [-0.4, -0.2) is 25.6 Å². The standard InChI is InChI=1S/C17H20N2OS/c1-19(12-14-5-7-16(20-2)8-6-14)13-17-15(4-3-10-18)9-11-21-17/h5-9,11H,10,12-13,18H2,1-2H3. The molecule has 0 aliphatic heterocycles. The number of ether oxygens (including phenoxy) is 1. The van der Waals surface area contributed by atoms with E-state index in [0.717, 1.165) is 24.4 Å². The third-order valence-corrected chi connectivity index (χ3v) is 4.00. The maximum atomic E-state index is 5.43. The Labute approximate surface area is 130 Å². The van der Waals surface area contributed by atoms with Crippen molar-refractivity contribution in [1.82, 2.24) is 4.90 Å². The Morgan fingerprint density at radius 3 is 2.62 bits per heavy atom. The van der Waals surface area contributed by atoms with Crippen molar-refractivity contribution in [1.29, 1.82) is 0 Å². The number of thiophene rings is 1. The number of methoxy groups -OCH3 is 1. The van der Waals surface area contributed by atoms with E-state index in [1.54, 1.807) is 18.4 Å². The molecule has 0 saturated heterocycles. The lowest BCUT2D eigenvalue weighted by Gasteiger charge is -2.16. The van der Waals surface area contributed by atoms with Gasteiger partial charge in [-0.1, -0.05) is 24.0 Å². The van der Waals surface area contributed by atoms with E-state index < -0.39 is 0 Å². The van der Waals surface area contributed by atoms with Gasteiger partial charge in [-0.3, -0.25) is 4.90 Å². The molecule has 1 heterocycles. The molecule has 0 saturated carbocycles. The Bertz CT molecular complexity index is 622. The van der Waals surface area contributed by atoms with Gasteiger partial charge in [-0.25, -0.2) is 0 Å². The fourth-order valence-electron chi connectivity index (χ4n) is 2.06. The van der Waals surface area contributed by atoms with E-state index in [2.05, 4.69) is 47.4 Å². The first-order valence-electron chi connectivity index (χ1n) is 6.79. The van der Waals surface area contributed by atoms with E-state index >= 15 is 0 Å². The topological polar surface area (TPSA) is 38.5 Å². The zero-order valence-electron chi connectivity index (χ0n) is 12.4. The minimum atomic E-state index is 0.400. The average Bonchev–Trinajstić information content (AvgIpc) is 2.93. The van der Waals surface area contributed by atoms with Crippen LogP contribution in [0.4, 0.5) is 0 Å². The number of nitrogens with zero attached hydrogens (tertiary/aromatic N) is 1. The molecule has 2 aromatic rings. The van der Waals surface area contributed by atoms with Crippen molar-refractivity contribution < 1.29 is 4.74 Å². The highest BCUT2D eigenvalue weighted by molar-refractivity contribution is 7.10. The predicted octanol–water partition coefficient (Wildman–Crippen LogP) is 2.70. The second-order valence-electron chi connectivity index (χ2n) is 4.78. The van der Waals surface area contributed by atoms with Gasteiger partial charge in [-0.2, -0.15) is 0 Å². The summed E-state index contributed by atoms with van der Waals surface area (Å²) in [5.74, 6) is 6.94. The summed E-state index contributed by atoms with van der Waals surface area (Å²) in [4.78, 5) is 3.56. The van der Waals surface area contributed by atoms with E-state index in [-0.39, 0.29) is 0 Å². The zero-order valence-corrected chi connectivity index (χ0v) is 13.2. The van der Waals surface area contributed by atoms with E-state index in [1.807, 2.05) is 12.1 Å². The molecule has 0 atom stereocenters. The van der Waals surface area contributed by atoms with Crippen LogP contribution < -0.4 is 10.5 Å². The molecule has 0 radical (unpaired) electrons. The van der Waals surface area contributed by atoms with Crippen LogP contribution >= 0.6 is 11.3 Å². The molecule has 0 unspecified atom stereocenters. The smallest absolute Gasteiger partial charge is 0.118 e. The van der Waals surface area contributed by atoms with Gasteiger partial charge >= 0.3 is 0 Å². The SMILES string of the molecule is COc1ccc(CN(C)Cc2sccc2C#CCN)cc1. The van der Waals surface area contributed by atoms with Crippen LogP contribution in [0.2, 0.25) is 0 Å². The van der Waals surface area contributed by atoms with Crippen molar-refractivity contribution in [2.45, 2.75) is 13.1 Å². The summed E-state index contributed by atoms with van der Waals surface area (Å²) in [6.45, 7) is 2.18. The molecule has 0 amide bonds. The molecule has 2 N–H and O–H groups in total. The third-order valence-electron chi connectivity index (χ3n) is 3.10. The monoisotopic (exact) mass is 300 g/mol. The molecule has 2 rings (SSSR count). The second kappa shape index (κ2) is 7.84. The number of rotatable bonds is 5. The highest BCUT2D eigenvalue weighted by Gasteiger charge is 2.07. The number of benzene rings is 1. The molecular formula is C17H20N2OS. The molecule has 110 valence electrons. The Balaban J connectivity index is 1.97. The molecule has 1 aromatic carbocycles. The maximum absolute atomic E-state index is 5.43. The van der Waals surface area contributed by atoms with Gasteiger partial charge in [0.25, 0.3) is 0 Å². The Hall–Kier alpha value is -1.80. The van der Waals surface area contributed by atoms with Crippen LogP contribution in [0.3, 0.4) is 0 Å². The van der Waals surface area contributed by atoms with Crippen LogP contribution in [-0.2, 0) is 13.1 Å². The lowest BCUT2D eigenvalue weighted by Crippen LogP contribution is -2.17. The van der Waals surface area contributed by atoms with Gasteiger partial charge in [0.05, 0.1) is 13.7 Å². The summed E-state index contributed by atoms with van der Waals surface area (Å²) >= 11 is 1.74. The van der Waals surface area contributed by atoms with Gasteiger partial charge in [0.15, 0.2) is 0 Å². The van der Waals surface area contributed by atoms with E-state index in [9.17, 15) is 0 Å². The molecule has 0 spiro atoms. The van der Waals surface area contributed by atoms with E-state index in [1.165, 1.54) is 10.4 Å². The third kappa shape index (κ3) is 4.61. The van der Waals surface area contributed by atoms with E-state index in [4.69, 9.17) is 10.5 Å². The molecule has 0 aliphatic carbocycles. The molecular weight excluding hydrogens is 280 g/mol. The molecule has 3 nitrogen and oxygen atoms in total.